The predicted octanol–water partition coefficient (Wildman–Crippen LogP) is 3.48. The first-order chi connectivity index (χ1) is 16.2. The van der Waals surface area contributed by atoms with E-state index in [9.17, 15) is 9.59 Å². The van der Waals surface area contributed by atoms with Crippen molar-refractivity contribution in [2.24, 2.45) is 0 Å². The third-order valence-electron chi connectivity index (χ3n) is 6.10. The lowest BCUT2D eigenvalue weighted by atomic mass is 10.1. The van der Waals surface area contributed by atoms with Crippen molar-refractivity contribution in [3.63, 3.8) is 0 Å². The Balaban J connectivity index is 2.05. The zero-order chi connectivity index (χ0) is 24.8. The number of nitrogens with zero attached hydrogens (tertiary/aromatic N) is 5. The molecule has 0 aliphatic carbocycles. The number of ether oxygens (including phenoxy) is 1. The van der Waals surface area contributed by atoms with Crippen LogP contribution in [0.3, 0.4) is 0 Å². The Morgan fingerprint density at radius 3 is 2.59 bits per heavy atom. The molecule has 2 amide bonds. The molecule has 0 bridgehead atoms. The van der Waals surface area contributed by atoms with E-state index < -0.39 is 0 Å². The van der Waals surface area contributed by atoms with Gasteiger partial charge >= 0.3 is 0 Å². The molecular formula is C25H34ClN5O3. The van der Waals surface area contributed by atoms with Gasteiger partial charge < -0.3 is 14.5 Å². The quantitative estimate of drug-likeness (QED) is 0.657. The van der Waals surface area contributed by atoms with E-state index >= 15 is 0 Å². The topological polar surface area (TPSA) is 78.9 Å². The molecule has 3 rings (SSSR count). The first kappa shape index (κ1) is 26.1. The molecule has 0 N–H and O–H groups in total. The second-order valence-corrected chi connectivity index (χ2v) is 9.31. The van der Waals surface area contributed by atoms with Crippen molar-refractivity contribution in [3.8, 4) is 0 Å². The lowest BCUT2D eigenvalue weighted by molar-refractivity contribution is -0.122. The summed E-state index contributed by atoms with van der Waals surface area (Å²) in [6.45, 7) is 10.8. The van der Waals surface area contributed by atoms with Crippen LogP contribution in [0.5, 0.6) is 0 Å². The summed E-state index contributed by atoms with van der Waals surface area (Å²) >= 11 is 6.34. The molecule has 9 heteroatoms. The number of carbonyl (C=O) groups is 2. The number of amides is 2. The van der Waals surface area contributed by atoms with Crippen LogP contribution in [0.2, 0.25) is 5.02 Å². The summed E-state index contributed by atoms with van der Waals surface area (Å²) in [7, 11) is 1.51. The molecule has 0 fully saturated rings. The van der Waals surface area contributed by atoms with Gasteiger partial charge in [0.05, 0.1) is 16.9 Å². The van der Waals surface area contributed by atoms with Crippen LogP contribution in [0.4, 0.5) is 5.69 Å². The van der Waals surface area contributed by atoms with Crippen LogP contribution in [0.25, 0.3) is 0 Å². The molecule has 0 atom stereocenters. The van der Waals surface area contributed by atoms with Crippen LogP contribution in [0.15, 0.2) is 24.4 Å². The Hall–Kier alpha value is -2.55. The Morgan fingerprint density at radius 2 is 1.91 bits per heavy atom. The second kappa shape index (κ2) is 11.7. The second-order valence-electron chi connectivity index (χ2n) is 8.88. The van der Waals surface area contributed by atoms with E-state index in [2.05, 4.69) is 28.7 Å². The van der Waals surface area contributed by atoms with Crippen LogP contribution >= 0.6 is 11.6 Å². The Morgan fingerprint density at radius 1 is 1.15 bits per heavy atom. The number of methoxy groups -OCH3 is 1. The van der Waals surface area contributed by atoms with E-state index in [-0.39, 0.29) is 18.4 Å². The number of aryl methyl sites for hydroxylation is 2. The van der Waals surface area contributed by atoms with Gasteiger partial charge in [-0.1, -0.05) is 17.7 Å². The largest absolute Gasteiger partial charge is 0.375 e. The molecule has 1 aliphatic rings. The molecule has 1 aromatic carbocycles. The smallest absolute Gasteiger partial charge is 0.257 e. The highest BCUT2D eigenvalue weighted by Gasteiger charge is 2.26. The molecule has 0 saturated carbocycles. The lowest BCUT2D eigenvalue weighted by Gasteiger charge is -2.30. The highest BCUT2D eigenvalue weighted by molar-refractivity contribution is 6.31. The van der Waals surface area contributed by atoms with Gasteiger partial charge in [-0.3, -0.25) is 14.5 Å². The standard InChI is InChI=1S/C25H34ClN5O3/c1-17(2)29-9-6-10-31(24(32)16-34-5)23-13-21(26)8-7-20(23)15-30(12-11-29)25(33)22-14-27-19(4)28-18(22)3/h7-8,13-14,17H,6,9-12,15-16H2,1-5H3. The maximum atomic E-state index is 13.7. The first-order valence-corrected chi connectivity index (χ1v) is 12.0. The number of aromatic nitrogens is 2. The average Bonchev–Trinajstić information content (AvgIpc) is 2.81. The van der Waals surface area contributed by atoms with Crippen LogP contribution in [0.1, 0.15) is 47.7 Å². The summed E-state index contributed by atoms with van der Waals surface area (Å²) in [6.07, 6.45) is 2.39. The fourth-order valence-electron chi connectivity index (χ4n) is 4.23. The number of fused-ring (bicyclic) bond motifs is 1. The highest BCUT2D eigenvalue weighted by Crippen LogP contribution is 2.28. The SMILES string of the molecule is COCC(=O)N1CCCN(C(C)C)CCN(C(=O)c2cnc(C)nc2C)Cc2ccc(Cl)cc21. The van der Waals surface area contributed by atoms with Crippen LogP contribution in [-0.4, -0.2) is 77.5 Å². The maximum absolute atomic E-state index is 13.7. The lowest BCUT2D eigenvalue weighted by Crippen LogP contribution is -2.41. The van der Waals surface area contributed by atoms with Crippen LogP contribution < -0.4 is 4.90 Å². The van der Waals surface area contributed by atoms with Gasteiger partial charge in [0.25, 0.3) is 11.8 Å². The van der Waals surface area contributed by atoms with Crippen LogP contribution in [-0.2, 0) is 16.1 Å². The van der Waals surface area contributed by atoms with E-state index in [1.165, 1.54) is 7.11 Å². The molecule has 0 saturated heterocycles. The van der Waals surface area contributed by atoms with E-state index in [0.717, 1.165) is 25.1 Å². The van der Waals surface area contributed by atoms with E-state index in [4.69, 9.17) is 16.3 Å². The number of carbonyl (C=O) groups excluding carboxylic acids is 2. The highest BCUT2D eigenvalue weighted by atomic mass is 35.5. The van der Waals surface area contributed by atoms with Gasteiger partial charge in [0, 0.05) is 57.1 Å². The van der Waals surface area contributed by atoms with Crippen molar-refractivity contribution in [1.82, 2.24) is 19.8 Å². The minimum Gasteiger partial charge on any atom is -0.375 e. The minimum absolute atomic E-state index is 0.0254. The first-order valence-electron chi connectivity index (χ1n) is 11.6. The number of hydrogen-bond acceptors (Lipinski definition) is 6. The normalized spacial score (nSPS) is 15.7. The molecule has 0 unspecified atom stereocenters. The molecule has 0 radical (unpaired) electrons. The monoisotopic (exact) mass is 487 g/mol. The van der Waals surface area contributed by atoms with E-state index in [1.54, 1.807) is 30.2 Å². The zero-order valence-corrected chi connectivity index (χ0v) is 21.4. The summed E-state index contributed by atoms with van der Waals surface area (Å²) in [5.41, 5.74) is 2.70. The number of benzene rings is 1. The molecular weight excluding hydrogens is 454 g/mol. The average molecular weight is 488 g/mol. The predicted molar refractivity (Wildman–Crippen MR) is 133 cm³/mol. The summed E-state index contributed by atoms with van der Waals surface area (Å²) in [5, 5.41) is 0.535. The molecule has 8 nitrogen and oxygen atoms in total. The summed E-state index contributed by atoms with van der Waals surface area (Å²) in [6, 6.07) is 5.79. The molecule has 1 aromatic heterocycles. The van der Waals surface area contributed by atoms with Crippen molar-refractivity contribution in [3.05, 3.63) is 52.1 Å². The van der Waals surface area contributed by atoms with Crippen LogP contribution in [0, 0.1) is 13.8 Å². The van der Waals surface area contributed by atoms with Crippen molar-refractivity contribution in [2.45, 2.75) is 46.7 Å². The minimum atomic E-state index is -0.137. The fraction of sp³-hybridized carbons (Fsp3) is 0.520. The Bertz CT molecular complexity index is 1030. The van der Waals surface area contributed by atoms with Gasteiger partial charge in [-0.2, -0.15) is 0 Å². The zero-order valence-electron chi connectivity index (χ0n) is 20.7. The summed E-state index contributed by atoms with van der Waals surface area (Å²) in [5.74, 6) is 0.364. The molecule has 0 spiro atoms. The Labute approximate surface area is 206 Å². The van der Waals surface area contributed by atoms with Gasteiger partial charge in [0.2, 0.25) is 0 Å². The summed E-state index contributed by atoms with van der Waals surface area (Å²) < 4.78 is 5.14. The molecule has 184 valence electrons. The maximum Gasteiger partial charge on any atom is 0.257 e. The number of hydrogen-bond donors (Lipinski definition) is 0. The third-order valence-corrected chi connectivity index (χ3v) is 6.34. The van der Waals surface area contributed by atoms with Gasteiger partial charge in [0.1, 0.15) is 12.4 Å². The molecule has 2 heterocycles. The van der Waals surface area contributed by atoms with E-state index in [0.29, 0.717) is 53.5 Å². The third kappa shape index (κ3) is 6.31. The number of halogens is 1. The van der Waals surface area contributed by atoms with Gasteiger partial charge in [0.15, 0.2) is 0 Å². The van der Waals surface area contributed by atoms with E-state index in [1.807, 2.05) is 17.9 Å². The molecule has 34 heavy (non-hydrogen) atoms. The van der Waals surface area contributed by atoms with Crippen molar-refractivity contribution in [1.29, 1.82) is 0 Å². The van der Waals surface area contributed by atoms with Crippen molar-refractivity contribution >= 4 is 29.1 Å². The Kier molecular flexibility index (Phi) is 8.99. The fourth-order valence-corrected chi connectivity index (χ4v) is 4.40. The summed E-state index contributed by atoms with van der Waals surface area (Å²) in [4.78, 5) is 41.2. The van der Waals surface area contributed by atoms with Crippen molar-refractivity contribution < 1.29 is 14.3 Å². The van der Waals surface area contributed by atoms with Gasteiger partial charge in [-0.05, 0) is 51.8 Å². The number of rotatable bonds is 4. The number of anilines is 1. The molecule has 2 aromatic rings. The van der Waals surface area contributed by atoms with Gasteiger partial charge in [-0.15, -0.1) is 0 Å². The van der Waals surface area contributed by atoms with Gasteiger partial charge in [-0.25, -0.2) is 9.97 Å². The van der Waals surface area contributed by atoms with Crippen molar-refractivity contribution in [2.75, 3.05) is 44.8 Å². The molecule has 1 aliphatic heterocycles.